The zero-order valence-electron chi connectivity index (χ0n) is 10.4. The van der Waals surface area contributed by atoms with Gasteiger partial charge in [-0.3, -0.25) is 9.59 Å². The molecule has 0 bridgehead atoms. The van der Waals surface area contributed by atoms with Gasteiger partial charge in [0.15, 0.2) is 19.1 Å². The van der Waals surface area contributed by atoms with Crippen LogP contribution in [0.15, 0.2) is 41.7 Å². The normalized spacial score (nSPS) is 18.4. The number of allylic oxidation sites excluding steroid dienone is 1. The van der Waals surface area contributed by atoms with Crippen molar-refractivity contribution in [1.29, 1.82) is 0 Å². The lowest BCUT2D eigenvalue weighted by molar-refractivity contribution is -0.130. The average molecular weight is 245 g/mol. The maximum atomic E-state index is 11.8. The van der Waals surface area contributed by atoms with E-state index in [-0.39, 0.29) is 6.73 Å². The summed E-state index contributed by atoms with van der Waals surface area (Å²) in [6.07, 6.45) is 0.359. The van der Waals surface area contributed by atoms with E-state index in [2.05, 4.69) is 0 Å². The van der Waals surface area contributed by atoms with E-state index in [0.717, 1.165) is 11.3 Å². The molecule has 0 radical (unpaired) electrons. The molecule has 0 amide bonds. The summed E-state index contributed by atoms with van der Waals surface area (Å²) in [5, 5.41) is 0. The molecule has 1 fully saturated rings. The first-order valence-corrected chi connectivity index (χ1v) is 5.76. The molecule has 2 rings (SSSR count). The van der Waals surface area contributed by atoms with Gasteiger partial charge in [-0.1, -0.05) is 18.2 Å². The summed E-state index contributed by atoms with van der Waals surface area (Å²) in [6, 6.07) is 8.83. The first kappa shape index (κ1) is 12.4. The maximum absolute atomic E-state index is 11.8. The number of nitrogens with zero attached hydrogens (tertiary/aromatic N) is 1. The van der Waals surface area contributed by atoms with Crippen molar-refractivity contribution in [3.05, 3.63) is 41.7 Å². The third-order valence-electron chi connectivity index (χ3n) is 2.89. The standard InChI is InChI=1S/C14H15NO3/c1-10(2)14-13(12(17)8-16)15(9-18-14)11-6-4-3-5-7-11/h3-8,13H,9H2,1-2H3. The zero-order valence-corrected chi connectivity index (χ0v) is 10.4. The van der Waals surface area contributed by atoms with E-state index in [1.165, 1.54) is 0 Å². The van der Waals surface area contributed by atoms with Gasteiger partial charge >= 0.3 is 0 Å². The third-order valence-corrected chi connectivity index (χ3v) is 2.89. The van der Waals surface area contributed by atoms with Gasteiger partial charge in [-0.05, 0) is 31.6 Å². The summed E-state index contributed by atoms with van der Waals surface area (Å²) in [4.78, 5) is 24.4. The molecule has 1 atom stereocenters. The quantitative estimate of drug-likeness (QED) is 0.603. The van der Waals surface area contributed by atoms with E-state index >= 15 is 0 Å². The molecule has 1 aliphatic heterocycles. The number of carbonyl (C=O) groups is 2. The molecule has 0 aromatic heterocycles. The van der Waals surface area contributed by atoms with Gasteiger partial charge in [-0.15, -0.1) is 0 Å². The lowest BCUT2D eigenvalue weighted by Gasteiger charge is -2.21. The second-order valence-corrected chi connectivity index (χ2v) is 4.37. The Bertz CT molecular complexity index is 489. The highest BCUT2D eigenvalue weighted by Crippen LogP contribution is 2.29. The predicted molar refractivity (Wildman–Crippen MR) is 68.1 cm³/mol. The van der Waals surface area contributed by atoms with Crippen LogP contribution in [-0.2, 0) is 14.3 Å². The molecule has 1 saturated heterocycles. The number of aldehydes is 1. The fourth-order valence-corrected chi connectivity index (χ4v) is 2.04. The van der Waals surface area contributed by atoms with Crippen molar-refractivity contribution < 1.29 is 14.3 Å². The van der Waals surface area contributed by atoms with Gasteiger partial charge < -0.3 is 9.64 Å². The number of rotatable bonds is 3. The SMILES string of the molecule is CC(C)=C1OCN(c2ccccc2)C1C(=O)C=O. The fourth-order valence-electron chi connectivity index (χ4n) is 2.04. The number of anilines is 1. The minimum absolute atomic E-state index is 0.286. The average Bonchev–Trinajstić information content (AvgIpc) is 2.83. The molecule has 4 heteroatoms. The fraction of sp³-hybridized carbons (Fsp3) is 0.286. The molecule has 94 valence electrons. The maximum Gasteiger partial charge on any atom is 0.225 e. The molecule has 1 unspecified atom stereocenters. The van der Waals surface area contributed by atoms with Crippen LogP contribution in [0.5, 0.6) is 0 Å². The first-order valence-electron chi connectivity index (χ1n) is 5.76. The van der Waals surface area contributed by atoms with Crippen LogP contribution in [0, 0.1) is 0 Å². The molecular formula is C14H15NO3. The Kier molecular flexibility index (Phi) is 3.46. The Hall–Kier alpha value is -2.10. The van der Waals surface area contributed by atoms with Crippen molar-refractivity contribution in [2.45, 2.75) is 19.9 Å². The topological polar surface area (TPSA) is 46.6 Å². The summed E-state index contributed by atoms with van der Waals surface area (Å²) in [5.41, 5.74) is 1.78. The molecule has 18 heavy (non-hydrogen) atoms. The van der Waals surface area contributed by atoms with Crippen LogP contribution in [0.1, 0.15) is 13.8 Å². The van der Waals surface area contributed by atoms with Gasteiger partial charge in [0, 0.05) is 5.69 Å². The Balaban J connectivity index is 2.40. The van der Waals surface area contributed by atoms with Gasteiger partial charge in [-0.2, -0.15) is 0 Å². The zero-order chi connectivity index (χ0) is 13.1. The number of Topliss-reactive ketones (excluding diaryl/α,β-unsaturated/α-hetero) is 1. The molecule has 0 N–H and O–H groups in total. The smallest absolute Gasteiger partial charge is 0.225 e. The van der Waals surface area contributed by atoms with E-state index in [9.17, 15) is 9.59 Å². The molecule has 4 nitrogen and oxygen atoms in total. The monoisotopic (exact) mass is 245 g/mol. The molecule has 1 aliphatic rings. The van der Waals surface area contributed by atoms with E-state index in [1.807, 2.05) is 44.2 Å². The summed E-state index contributed by atoms with van der Waals surface area (Å²) in [5.74, 6) is 0.100. The Morgan fingerprint density at radius 3 is 2.56 bits per heavy atom. The number of benzene rings is 1. The van der Waals surface area contributed by atoms with E-state index in [1.54, 1.807) is 4.90 Å². The Labute approximate surface area is 106 Å². The Morgan fingerprint density at radius 1 is 1.33 bits per heavy atom. The number of hydrogen-bond acceptors (Lipinski definition) is 4. The molecule has 1 aromatic carbocycles. The number of ketones is 1. The summed E-state index contributed by atoms with van der Waals surface area (Å²) < 4.78 is 5.54. The third kappa shape index (κ3) is 2.14. The molecule has 0 saturated carbocycles. The summed E-state index contributed by atoms with van der Waals surface area (Å²) in [7, 11) is 0. The second-order valence-electron chi connectivity index (χ2n) is 4.37. The molecule has 1 aromatic rings. The minimum Gasteiger partial charge on any atom is -0.475 e. The van der Waals surface area contributed by atoms with E-state index in [4.69, 9.17) is 4.74 Å². The van der Waals surface area contributed by atoms with Gasteiger partial charge in [0.25, 0.3) is 0 Å². The highest BCUT2D eigenvalue weighted by molar-refractivity contribution is 6.29. The second kappa shape index (κ2) is 5.04. The van der Waals surface area contributed by atoms with Crippen LogP contribution in [0.4, 0.5) is 5.69 Å². The number of carbonyl (C=O) groups excluding carboxylic acids is 2. The Morgan fingerprint density at radius 2 is 2.00 bits per heavy atom. The largest absolute Gasteiger partial charge is 0.475 e. The van der Waals surface area contributed by atoms with Crippen molar-refractivity contribution in [1.82, 2.24) is 0 Å². The van der Waals surface area contributed by atoms with Crippen molar-refractivity contribution >= 4 is 17.8 Å². The highest BCUT2D eigenvalue weighted by Gasteiger charge is 2.37. The van der Waals surface area contributed by atoms with Crippen LogP contribution in [0.3, 0.4) is 0 Å². The van der Waals surface area contributed by atoms with Gasteiger partial charge in [0.1, 0.15) is 5.76 Å². The molecule has 1 heterocycles. The summed E-state index contributed by atoms with van der Waals surface area (Å²) in [6.45, 7) is 4.03. The van der Waals surface area contributed by atoms with Crippen LogP contribution in [0.25, 0.3) is 0 Å². The van der Waals surface area contributed by atoms with Crippen LogP contribution >= 0.6 is 0 Å². The van der Waals surface area contributed by atoms with Gasteiger partial charge in [-0.25, -0.2) is 0 Å². The molecular weight excluding hydrogens is 230 g/mol. The van der Waals surface area contributed by atoms with Crippen molar-refractivity contribution in [2.75, 3.05) is 11.6 Å². The van der Waals surface area contributed by atoms with Gasteiger partial charge in [0.05, 0.1) is 0 Å². The summed E-state index contributed by atoms with van der Waals surface area (Å²) >= 11 is 0. The minimum atomic E-state index is -0.630. The number of para-hydroxylation sites is 1. The van der Waals surface area contributed by atoms with Crippen LogP contribution in [0.2, 0.25) is 0 Å². The van der Waals surface area contributed by atoms with E-state index in [0.29, 0.717) is 12.0 Å². The van der Waals surface area contributed by atoms with Crippen molar-refractivity contribution in [3.8, 4) is 0 Å². The highest BCUT2D eigenvalue weighted by atomic mass is 16.5. The number of ether oxygens (including phenoxy) is 1. The van der Waals surface area contributed by atoms with Crippen LogP contribution < -0.4 is 4.90 Å². The molecule has 0 spiro atoms. The van der Waals surface area contributed by atoms with Crippen LogP contribution in [-0.4, -0.2) is 24.8 Å². The first-order chi connectivity index (χ1) is 8.65. The van der Waals surface area contributed by atoms with E-state index < -0.39 is 11.8 Å². The lowest BCUT2D eigenvalue weighted by Crippen LogP contribution is -2.37. The predicted octanol–water partition coefficient (Wildman–Crippen LogP) is 1.91. The number of hydrogen-bond donors (Lipinski definition) is 0. The lowest BCUT2D eigenvalue weighted by atomic mass is 10.1. The van der Waals surface area contributed by atoms with Gasteiger partial charge in [0.2, 0.25) is 5.78 Å². The molecule has 0 aliphatic carbocycles. The van der Waals surface area contributed by atoms with Crippen molar-refractivity contribution in [2.24, 2.45) is 0 Å². The van der Waals surface area contributed by atoms with Crippen molar-refractivity contribution in [3.63, 3.8) is 0 Å².